The van der Waals surface area contributed by atoms with Gasteiger partial charge in [0.15, 0.2) is 0 Å². The summed E-state index contributed by atoms with van der Waals surface area (Å²) >= 11 is 0. The third-order valence-electron chi connectivity index (χ3n) is 3.77. The molecular weight excluding hydrogens is 323 g/mol. The molecule has 1 atom stereocenters. The normalized spacial score (nSPS) is 12.0. The van der Waals surface area contributed by atoms with Gasteiger partial charge in [0.2, 0.25) is 17.6 Å². The zero-order valence-corrected chi connectivity index (χ0v) is 13.8. The predicted molar refractivity (Wildman–Crippen MR) is 91.4 cm³/mol. The number of hydrogen-bond acceptors (Lipinski definition) is 5. The van der Waals surface area contributed by atoms with Crippen LogP contribution < -0.4 is 11.1 Å². The minimum atomic E-state index is -0.502. The van der Waals surface area contributed by atoms with E-state index in [-0.39, 0.29) is 11.9 Å². The molecular formula is C18H17FN4O2. The smallest absolute Gasteiger partial charge is 0.249 e. The second kappa shape index (κ2) is 6.72. The van der Waals surface area contributed by atoms with E-state index in [0.29, 0.717) is 34.1 Å². The number of nitrogens with zero attached hydrogens (tertiary/aromatic N) is 2. The number of halogens is 1. The predicted octanol–water partition coefficient (Wildman–Crippen LogP) is 3.46. The standard InChI is InChI=1S/C18H17FN4O2/c1-10-6-7-13(9-15(10)19)17-22-18(25-23-17)11(2)21-14-5-3-4-12(8-14)16(20)24/h3-9,11,21H,1-2H3,(H2,20,24)/t11-/m1/s1. The molecule has 3 rings (SSSR count). The fourth-order valence-corrected chi connectivity index (χ4v) is 2.33. The first-order valence-electron chi connectivity index (χ1n) is 7.70. The monoisotopic (exact) mass is 340 g/mol. The molecule has 3 N–H and O–H groups in total. The molecule has 128 valence electrons. The van der Waals surface area contributed by atoms with Crippen LogP contribution in [0.15, 0.2) is 47.0 Å². The van der Waals surface area contributed by atoms with Crippen molar-refractivity contribution in [3.8, 4) is 11.4 Å². The molecule has 0 spiro atoms. The van der Waals surface area contributed by atoms with E-state index in [0.717, 1.165) is 0 Å². The molecule has 0 saturated carbocycles. The molecule has 1 heterocycles. The van der Waals surface area contributed by atoms with Crippen LogP contribution in [-0.4, -0.2) is 16.0 Å². The molecule has 1 amide bonds. The number of nitrogens with one attached hydrogen (secondary N) is 1. The molecule has 0 aliphatic carbocycles. The van der Waals surface area contributed by atoms with Crippen molar-refractivity contribution in [2.45, 2.75) is 19.9 Å². The van der Waals surface area contributed by atoms with Crippen molar-refractivity contribution in [1.29, 1.82) is 0 Å². The van der Waals surface area contributed by atoms with Gasteiger partial charge in [-0.3, -0.25) is 4.79 Å². The average Bonchev–Trinajstić information content (AvgIpc) is 3.08. The van der Waals surface area contributed by atoms with Gasteiger partial charge in [-0.25, -0.2) is 4.39 Å². The van der Waals surface area contributed by atoms with Gasteiger partial charge in [-0.1, -0.05) is 23.4 Å². The summed E-state index contributed by atoms with van der Waals surface area (Å²) in [7, 11) is 0. The molecule has 0 saturated heterocycles. The lowest BCUT2D eigenvalue weighted by atomic mass is 10.1. The van der Waals surface area contributed by atoms with E-state index >= 15 is 0 Å². The number of anilines is 1. The minimum Gasteiger partial charge on any atom is -0.374 e. The summed E-state index contributed by atoms with van der Waals surface area (Å²) in [6.07, 6.45) is 0. The molecule has 0 aliphatic heterocycles. The fourth-order valence-electron chi connectivity index (χ4n) is 2.33. The lowest BCUT2D eigenvalue weighted by Crippen LogP contribution is -2.12. The highest BCUT2D eigenvalue weighted by atomic mass is 19.1. The largest absolute Gasteiger partial charge is 0.374 e. The molecule has 6 nitrogen and oxygen atoms in total. The molecule has 0 bridgehead atoms. The van der Waals surface area contributed by atoms with Crippen LogP contribution in [0.1, 0.15) is 34.8 Å². The van der Waals surface area contributed by atoms with Crippen molar-refractivity contribution in [3.63, 3.8) is 0 Å². The van der Waals surface area contributed by atoms with Crippen LogP contribution in [0.25, 0.3) is 11.4 Å². The van der Waals surface area contributed by atoms with E-state index in [1.807, 2.05) is 6.92 Å². The Morgan fingerprint density at radius 1 is 1.28 bits per heavy atom. The highest BCUT2D eigenvalue weighted by molar-refractivity contribution is 5.93. The molecule has 0 fully saturated rings. The van der Waals surface area contributed by atoms with Crippen molar-refractivity contribution in [1.82, 2.24) is 10.1 Å². The number of aryl methyl sites for hydroxylation is 1. The number of primary amides is 1. The van der Waals surface area contributed by atoms with Gasteiger partial charge in [-0.15, -0.1) is 0 Å². The van der Waals surface area contributed by atoms with Gasteiger partial charge in [0.1, 0.15) is 11.9 Å². The number of amides is 1. The molecule has 25 heavy (non-hydrogen) atoms. The quantitative estimate of drug-likeness (QED) is 0.742. The van der Waals surface area contributed by atoms with E-state index in [2.05, 4.69) is 15.5 Å². The fraction of sp³-hybridized carbons (Fsp3) is 0.167. The zero-order valence-electron chi connectivity index (χ0n) is 13.8. The molecule has 0 aliphatic rings. The Balaban J connectivity index is 1.78. The Morgan fingerprint density at radius 2 is 2.08 bits per heavy atom. The number of rotatable bonds is 5. The number of benzene rings is 2. The molecule has 7 heteroatoms. The molecule has 2 aromatic carbocycles. The first kappa shape index (κ1) is 16.6. The number of carbonyl (C=O) groups excluding carboxylic acids is 1. The highest BCUT2D eigenvalue weighted by Crippen LogP contribution is 2.23. The SMILES string of the molecule is Cc1ccc(-c2noc([C@@H](C)Nc3cccc(C(N)=O)c3)n2)cc1F. The Bertz CT molecular complexity index is 923. The van der Waals surface area contributed by atoms with Crippen LogP contribution in [0.4, 0.5) is 10.1 Å². The van der Waals surface area contributed by atoms with Crippen molar-refractivity contribution in [2.24, 2.45) is 5.73 Å². The maximum Gasteiger partial charge on any atom is 0.249 e. The van der Waals surface area contributed by atoms with E-state index in [1.165, 1.54) is 6.07 Å². The van der Waals surface area contributed by atoms with Gasteiger partial charge in [0.25, 0.3) is 0 Å². The summed E-state index contributed by atoms with van der Waals surface area (Å²) < 4.78 is 18.9. The first-order valence-corrected chi connectivity index (χ1v) is 7.70. The summed E-state index contributed by atoms with van der Waals surface area (Å²) in [4.78, 5) is 15.5. The Kier molecular flexibility index (Phi) is 4.47. The maximum atomic E-state index is 13.7. The summed E-state index contributed by atoms with van der Waals surface area (Å²) in [5.41, 5.74) is 7.47. The Hall–Kier alpha value is -3.22. The Morgan fingerprint density at radius 3 is 2.80 bits per heavy atom. The number of aromatic nitrogens is 2. The zero-order chi connectivity index (χ0) is 18.0. The van der Waals surface area contributed by atoms with Crippen LogP contribution in [0.3, 0.4) is 0 Å². The number of nitrogens with two attached hydrogens (primary N) is 1. The van der Waals surface area contributed by atoms with Gasteiger partial charge in [0, 0.05) is 16.8 Å². The van der Waals surface area contributed by atoms with Crippen LogP contribution in [-0.2, 0) is 0 Å². The van der Waals surface area contributed by atoms with E-state index in [1.54, 1.807) is 43.3 Å². The van der Waals surface area contributed by atoms with Gasteiger partial charge < -0.3 is 15.6 Å². The van der Waals surface area contributed by atoms with Crippen LogP contribution >= 0.6 is 0 Å². The highest BCUT2D eigenvalue weighted by Gasteiger charge is 2.16. The summed E-state index contributed by atoms with van der Waals surface area (Å²) in [6, 6.07) is 11.3. The molecule has 3 aromatic rings. The Labute approximate surface area is 143 Å². The lowest BCUT2D eigenvalue weighted by molar-refractivity contribution is 0.100. The molecule has 0 unspecified atom stereocenters. The third-order valence-corrected chi connectivity index (χ3v) is 3.77. The molecule has 0 radical (unpaired) electrons. The van der Waals surface area contributed by atoms with Crippen molar-refractivity contribution >= 4 is 11.6 Å². The van der Waals surface area contributed by atoms with E-state index in [9.17, 15) is 9.18 Å². The number of carbonyl (C=O) groups is 1. The van der Waals surface area contributed by atoms with Crippen molar-refractivity contribution < 1.29 is 13.7 Å². The van der Waals surface area contributed by atoms with Crippen molar-refractivity contribution in [2.75, 3.05) is 5.32 Å². The van der Waals surface area contributed by atoms with Gasteiger partial charge in [-0.05, 0) is 43.7 Å². The van der Waals surface area contributed by atoms with Crippen LogP contribution in [0, 0.1) is 12.7 Å². The topological polar surface area (TPSA) is 94.0 Å². The van der Waals surface area contributed by atoms with Gasteiger partial charge >= 0.3 is 0 Å². The number of hydrogen-bond donors (Lipinski definition) is 2. The van der Waals surface area contributed by atoms with Crippen LogP contribution in [0.2, 0.25) is 0 Å². The van der Waals surface area contributed by atoms with E-state index < -0.39 is 5.91 Å². The second-order valence-electron chi connectivity index (χ2n) is 5.73. The lowest BCUT2D eigenvalue weighted by Gasteiger charge is -2.11. The summed E-state index contributed by atoms with van der Waals surface area (Å²) in [6.45, 7) is 3.52. The first-order chi connectivity index (χ1) is 11.9. The minimum absolute atomic E-state index is 0.306. The summed E-state index contributed by atoms with van der Waals surface area (Å²) in [5, 5.41) is 7.06. The average molecular weight is 340 g/mol. The second-order valence-corrected chi connectivity index (χ2v) is 5.73. The van der Waals surface area contributed by atoms with E-state index in [4.69, 9.17) is 10.3 Å². The maximum absolute atomic E-state index is 13.7. The molecule has 1 aromatic heterocycles. The van der Waals surface area contributed by atoms with Gasteiger partial charge in [-0.2, -0.15) is 4.98 Å². The van der Waals surface area contributed by atoms with Gasteiger partial charge in [0.05, 0.1) is 0 Å². The van der Waals surface area contributed by atoms with Crippen molar-refractivity contribution in [3.05, 3.63) is 65.3 Å². The summed E-state index contributed by atoms with van der Waals surface area (Å²) in [5.74, 6) is -0.162. The van der Waals surface area contributed by atoms with Crippen LogP contribution in [0.5, 0.6) is 0 Å². The third kappa shape index (κ3) is 3.65.